The van der Waals surface area contributed by atoms with E-state index in [0.717, 1.165) is 6.54 Å². The van der Waals surface area contributed by atoms with Gasteiger partial charge in [0.25, 0.3) is 0 Å². The second kappa shape index (κ2) is 4.43. The molecule has 0 aliphatic rings. The molecule has 0 aliphatic heterocycles. The number of fused-ring (bicyclic) bond motifs is 3. The van der Waals surface area contributed by atoms with Crippen LogP contribution < -0.4 is 0 Å². The molecule has 0 atom stereocenters. The molecule has 0 spiro atoms. The molecule has 0 fully saturated rings. The van der Waals surface area contributed by atoms with Gasteiger partial charge in [0.15, 0.2) is 0 Å². The lowest BCUT2D eigenvalue weighted by molar-refractivity contribution is 0.832. The highest BCUT2D eigenvalue weighted by Gasteiger charge is 2.12. The van der Waals surface area contributed by atoms with Gasteiger partial charge < -0.3 is 4.57 Å². The van der Waals surface area contributed by atoms with Gasteiger partial charge in [0.05, 0.1) is 0 Å². The van der Waals surface area contributed by atoms with Crippen LogP contribution in [0.3, 0.4) is 0 Å². The van der Waals surface area contributed by atoms with E-state index in [2.05, 4.69) is 49.6 Å². The number of aryl methyl sites for hydroxylation is 3. The number of hydrogen-bond donors (Lipinski definition) is 0. The first-order chi connectivity index (χ1) is 8.74. The highest BCUT2D eigenvalue weighted by molar-refractivity contribution is 7.18. The van der Waals surface area contributed by atoms with E-state index in [1.54, 1.807) is 0 Å². The van der Waals surface area contributed by atoms with Gasteiger partial charge in [-0.05, 0) is 44.0 Å². The molecule has 2 heterocycles. The van der Waals surface area contributed by atoms with E-state index in [9.17, 15) is 0 Å². The van der Waals surface area contributed by atoms with Crippen molar-refractivity contribution in [3.05, 3.63) is 34.7 Å². The minimum absolute atomic E-state index is 1.05. The predicted molar refractivity (Wildman–Crippen MR) is 81.7 cm³/mol. The molecule has 0 bridgehead atoms. The van der Waals surface area contributed by atoms with Crippen molar-refractivity contribution in [2.75, 3.05) is 0 Å². The molecule has 94 valence electrons. The zero-order valence-corrected chi connectivity index (χ0v) is 12.1. The first kappa shape index (κ1) is 11.8. The van der Waals surface area contributed by atoms with Crippen LogP contribution in [0.15, 0.2) is 24.3 Å². The van der Waals surface area contributed by atoms with E-state index in [-0.39, 0.29) is 0 Å². The van der Waals surface area contributed by atoms with Crippen molar-refractivity contribution >= 4 is 32.5 Å². The molecule has 2 heteroatoms. The fourth-order valence-electron chi connectivity index (χ4n) is 2.80. The van der Waals surface area contributed by atoms with Crippen molar-refractivity contribution in [3.63, 3.8) is 0 Å². The Morgan fingerprint density at radius 2 is 1.94 bits per heavy atom. The van der Waals surface area contributed by atoms with Gasteiger partial charge in [-0.15, -0.1) is 11.3 Å². The molecule has 3 aromatic rings. The molecule has 1 nitrogen and oxygen atoms in total. The molecule has 18 heavy (non-hydrogen) atoms. The lowest BCUT2D eigenvalue weighted by Crippen LogP contribution is -1.92. The van der Waals surface area contributed by atoms with Gasteiger partial charge in [-0.3, -0.25) is 0 Å². The molecule has 3 rings (SSSR count). The Morgan fingerprint density at radius 1 is 1.11 bits per heavy atom. The molecule has 0 saturated carbocycles. The highest BCUT2D eigenvalue weighted by atomic mass is 32.1. The van der Waals surface area contributed by atoms with Gasteiger partial charge in [0.1, 0.15) is 4.83 Å². The summed E-state index contributed by atoms with van der Waals surface area (Å²) >= 11 is 1.91. The van der Waals surface area contributed by atoms with Gasteiger partial charge in [0.2, 0.25) is 0 Å². The van der Waals surface area contributed by atoms with E-state index < -0.39 is 0 Å². The summed E-state index contributed by atoms with van der Waals surface area (Å²) in [6, 6.07) is 9.31. The van der Waals surface area contributed by atoms with Crippen LogP contribution in [0.4, 0.5) is 0 Å². The number of hydrogen-bond acceptors (Lipinski definition) is 1. The van der Waals surface area contributed by atoms with Crippen LogP contribution in [-0.2, 0) is 13.0 Å². The summed E-state index contributed by atoms with van der Waals surface area (Å²) in [5.74, 6) is 0. The topological polar surface area (TPSA) is 4.93 Å². The summed E-state index contributed by atoms with van der Waals surface area (Å²) in [7, 11) is 0. The molecular weight excluding hydrogens is 238 g/mol. The van der Waals surface area contributed by atoms with Crippen LogP contribution in [0.2, 0.25) is 0 Å². The molecular formula is C16H19NS. The van der Waals surface area contributed by atoms with Gasteiger partial charge in [-0.2, -0.15) is 0 Å². The lowest BCUT2D eigenvalue weighted by Gasteiger charge is -2.03. The number of benzene rings is 1. The van der Waals surface area contributed by atoms with Crippen molar-refractivity contribution in [3.8, 4) is 0 Å². The monoisotopic (exact) mass is 257 g/mol. The minimum atomic E-state index is 1.05. The number of nitrogens with zero attached hydrogens (tertiary/aromatic N) is 1. The molecule has 0 aliphatic carbocycles. The van der Waals surface area contributed by atoms with Gasteiger partial charge in [-0.1, -0.05) is 19.4 Å². The zero-order chi connectivity index (χ0) is 12.7. The molecule has 0 N–H and O–H groups in total. The largest absolute Gasteiger partial charge is 0.332 e. The van der Waals surface area contributed by atoms with Crippen molar-refractivity contribution < 1.29 is 0 Å². The Kier molecular flexibility index (Phi) is 2.90. The van der Waals surface area contributed by atoms with Crippen LogP contribution in [0.25, 0.3) is 21.1 Å². The molecule has 0 radical (unpaired) electrons. The zero-order valence-electron chi connectivity index (χ0n) is 11.3. The van der Waals surface area contributed by atoms with Gasteiger partial charge in [0, 0.05) is 27.7 Å². The third-order valence-electron chi connectivity index (χ3n) is 3.58. The number of rotatable bonds is 3. The molecule has 1 aromatic carbocycles. The average Bonchev–Trinajstić information content (AvgIpc) is 2.85. The van der Waals surface area contributed by atoms with E-state index in [1.807, 2.05) is 11.3 Å². The Bertz CT molecular complexity index is 703. The third-order valence-corrected chi connectivity index (χ3v) is 4.65. The molecule has 0 unspecified atom stereocenters. The fraction of sp³-hybridized carbons (Fsp3) is 0.375. The summed E-state index contributed by atoms with van der Waals surface area (Å²) < 4.78 is 2.44. The van der Waals surface area contributed by atoms with Crippen molar-refractivity contribution in [1.29, 1.82) is 0 Å². The standard InChI is InChI=1S/C16H19NS/c1-4-6-12-7-8-15-13(10-12)14-9-11(3)18-16(14)17(15)5-2/h7-10H,4-6H2,1-3H3. The Hall–Kier alpha value is -1.28. The summed E-state index contributed by atoms with van der Waals surface area (Å²) in [5, 5.41) is 2.87. The molecule has 2 aromatic heterocycles. The SMILES string of the molecule is CCCc1ccc2c(c1)c1cc(C)sc1n2CC. The average molecular weight is 257 g/mol. The van der Waals surface area contributed by atoms with Crippen LogP contribution in [0.5, 0.6) is 0 Å². The van der Waals surface area contributed by atoms with E-state index >= 15 is 0 Å². The predicted octanol–water partition coefficient (Wildman–Crippen LogP) is 5.14. The van der Waals surface area contributed by atoms with E-state index in [1.165, 1.54) is 44.4 Å². The van der Waals surface area contributed by atoms with Crippen LogP contribution >= 0.6 is 11.3 Å². The maximum atomic E-state index is 2.44. The summed E-state index contributed by atoms with van der Waals surface area (Å²) in [6.07, 6.45) is 2.39. The Morgan fingerprint density at radius 3 is 2.67 bits per heavy atom. The van der Waals surface area contributed by atoms with Crippen LogP contribution in [0, 0.1) is 6.92 Å². The molecule has 0 amide bonds. The summed E-state index contributed by atoms with van der Waals surface area (Å²) in [4.78, 5) is 2.84. The smallest absolute Gasteiger partial charge is 0.104 e. The normalized spacial score (nSPS) is 11.7. The van der Waals surface area contributed by atoms with Gasteiger partial charge >= 0.3 is 0 Å². The fourth-order valence-corrected chi connectivity index (χ4v) is 3.90. The maximum absolute atomic E-state index is 2.44. The Labute approximate surface area is 112 Å². The number of thiophene rings is 1. The van der Waals surface area contributed by atoms with E-state index in [4.69, 9.17) is 0 Å². The Balaban J connectivity index is 2.35. The molecule has 0 saturated heterocycles. The maximum Gasteiger partial charge on any atom is 0.104 e. The minimum Gasteiger partial charge on any atom is -0.332 e. The number of aromatic nitrogens is 1. The first-order valence-electron chi connectivity index (χ1n) is 6.75. The quantitative estimate of drug-likeness (QED) is 0.612. The lowest BCUT2D eigenvalue weighted by atomic mass is 10.1. The van der Waals surface area contributed by atoms with Crippen molar-refractivity contribution in [1.82, 2.24) is 4.57 Å². The third kappa shape index (κ3) is 1.67. The van der Waals surface area contributed by atoms with Crippen molar-refractivity contribution in [2.45, 2.75) is 40.2 Å². The second-order valence-corrected chi connectivity index (χ2v) is 6.16. The van der Waals surface area contributed by atoms with E-state index in [0.29, 0.717) is 0 Å². The van der Waals surface area contributed by atoms with Crippen molar-refractivity contribution in [2.24, 2.45) is 0 Å². The first-order valence-corrected chi connectivity index (χ1v) is 7.57. The van der Waals surface area contributed by atoms with Crippen LogP contribution in [-0.4, -0.2) is 4.57 Å². The second-order valence-electron chi connectivity index (χ2n) is 4.92. The summed E-state index contributed by atoms with van der Waals surface area (Å²) in [5.41, 5.74) is 2.85. The van der Waals surface area contributed by atoms with Crippen LogP contribution in [0.1, 0.15) is 30.7 Å². The highest BCUT2D eigenvalue weighted by Crippen LogP contribution is 2.35. The van der Waals surface area contributed by atoms with Gasteiger partial charge in [-0.25, -0.2) is 0 Å². The summed E-state index contributed by atoms with van der Waals surface area (Å²) in [6.45, 7) is 7.72.